The molecule has 0 amide bonds. The molecule has 1 rings (SSSR count). The zero-order valence-electron chi connectivity index (χ0n) is 5.30. The van der Waals surface area contributed by atoms with Crippen molar-refractivity contribution in [2.45, 2.75) is 6.04 Å². The summed E-state index contributed by atoms with van der Waals surface area (Å²) in [6, 6.07) is -0.0756. The van der Waals surface area contributed by atoms with Crippen LogP contribution < -0.4 is 0 Å². The van der Waals surface area contributed by atoms with Gasteiger partial charge in [0.25, 0.3) is 0 Å². The first kappa shape index (κ1) is 7.86. The highest BCUT2D eigenvalue weighted by atomic mass is 35.5. The summed E-state index contributed by atoms with van der Waals surface area (Å²) in [7, 11) is 0. The van der Waals surface area contributed by atoms with Crippen LogP contribution in [-0.2, 0) is 0 Å². The van der Waals surface area contributed by atoms with Crippen LogP contribution in [0.4, 0.5) is 0 Å². The molecular formula is C7H7Cl2N. The van der Waals surface area contributed by atoms with E-state index in [9.17, 15) is 0 Å². The van der Waals surface area contributed by atoms with Crippen molar-refractivity contribution in [3.63, 3.8) is 0 Å². The minimum absolute atomic E-state index is 0.0756. The normalized spacial score (nSPS) is 24.3. The highest BCUT2D eigenvalue weighted by Crippen LogP contribution is 2.19. The predicted octanol–water partition coefficient (Wildman–Crippen LogP) is 2.65. The summed E-state index contributed by atoms with van der Waals surface area (Å²) >= 11 is 11.0. The van der Waals surface area contributed by atoms with Crippen LogP contribution in [-0.4, -0.2) is 9.98 Å². The molecule has 0 bridgehead atoms. The van der Waals surface area contributed by atoms with Crippen LogP contribution in [0.25, 0.3) is 0 Å². The third-order valence-corrected chi connectivity index (χ3v) is 1.73. The van der Waals surface area contributed by atoms with E-state index in [-0.39, 0.29) is 6.04 Å². The molecule has 1 aliphatic rings. The van der Waals surface area contributed by atoms with E-state index in [1.54, 1.807) is 0 Å². The second kappa shape index (κ2) is 3.24. The maximum atomic E-state index is 5.50. The third kappa shape index (κ3) is 1.63. The van der Waals surface area contributed by atoms with Gasteiger partial charge in [0.05, 0.1) is 6.04 Å². The van der Waals surface area contributed by atoms with Gasteiger partial charge in [-0.2, -0.15) is 0 Å². The van der Waals surface area contributed by atoms with Crippen LogP contribution in [0.3, 0.4) is 0 Å². The van der Waals surface area contributed by atoms with Gasteiger partial charge in [0.15, 0.2) is 0 Å². The highest BCUT2D eigenvalue weighted by Gasteiger charge is 2.14. The zero-order valence-corrected chi connectivity index (χ0v) is 6.81. The van der Waals surface area contributed by atoms with Gasteiger partial charge in [-0.1, -0.05) is 30.9 Å². The Morgan fingerprint density at radius 1 is 1.40 bits per heavy atom. The van der Waals surface area contributed by atoms with Crippen LogP contribution >= 0.6 is 23.6 Å². The minimum atomic E-state index is -0.0756. The SMILES string of the molecule is C=C1C=CC=CC1N(Cl)Cl. The minimum Gasteiger partial charge on any atom is -0.120 e. The molecule has 1 nitrogen and oxygen atoms in total. The lowest BCUT2D eigenvalue weighted by molar-refractivity contribution is 0.658. The molecule has 0 spiro atoms. The van der Waals surface area contributed by atoms with Gasteiger partial charge >= 0.3 is 0 Å². The molecule has 0 heterocycles. The Kier molecular flexibility index (Phi) is 2.55. The Hall–Kier alpha value is -0.240. The molecule has 0 aromatic rings. The van der Waals surface area contributed by atoms with Gasteiger partial charge in [-0.05, 0) is 29.1 Å². The quantitative estimate of drug-likeness (QED) is 0.555. The smallest absolute Gasteiger partial charge is 0.0843 e. The van der Waals surface area contributed by atoms with Gasteiger partial charge in [-0.15, -0.1) is 3.94 Å². The molecule has 0 fully saturated rings. The molecule has 0 radical (unpaired) electrons. The first-order chi connectivity index (χ1) is 4.72. The van der Waals surface area contributed by atoms with Gasteiger partial charge < -0.3 is 0 Å². The molecule has 1 aliphatic carbocycles. The monoisotopic (exact) mass is 175 g/mol. The lowest BCUT2D eigenvalue weighted by Gasteiger charge is -2.17. The van der Waals surface area contributed by atoms with E-state index in [0.29, 0.717) is 0 Å². The van der Waals surface area contributed by atoms with Gasteiger partial charge in [-0.3, -0.25) is 0 Å². The molecule has 0 N–H and O–H groups in total. The van der Waals surface area contributed by atoms with Crippen molar-refractivity contribution >= 4 is 23.6 Å². The van der Waals surface area contributed by atoms with Crippen molar-refractivity contribution in [1.82, 2.24) is 3.94 Å². The molecule has 10 heavy (non-hydrogen) atoms. The summed E-state index contributed by atoms with van der Waals surface area (Å²) in [6.07, 6.45) is 7.54. The maximum absolute atomic E-state index is 5.50. The average molecular weight is 176 g/mol. The fraction of sp³-hybridized carbons (Fsp3) is 0.143. The number of hydrogen-bond donors (Lipinski definition) is 0. The number of allylic oxidation sites excluding steroid dienone is 2. The van der Waals surface area contributed by atoms with Crippen LogP contribution in [0.5, 0.6) is 0 Å². The Morgan fingerprint density at radius 2 is 2.10 bits per heavy atom. The topological polar surface area (TPSA) is 3.24 Å². The number of nitrogens with zero attached hydrogens (tertiary/aromatic N) is 1. The Morgan fingerprint density at radius 3 is 2.50 bits per heavy atom. The Labute approximate surface area is 70.4 Å². The summed E-state index contributed by atoms with van der Waals surface area (Å²) in [5.74, 6) is 0. The van der Waals surface area contributed by atoms with E-state index < -0.39 is 0 Å². The summed E-state index contributed by atoms with van der Waals surface area (Å²) in [4.78, 5) is 0. The molecule has 0 aromatic carbocycles. The molecule has 1 unspecified atom stereocenters. The van der Waals surface area contributed by atoms with Crippen LogP contribution in [0.2, 0.25) is 0 Å². The first-order valence-corrected chi connectivity index (χ1v) is 3.54. The fourth-order valence-electron chi connectivity index (χ4n) is 0.761. The van der Waals surface area contributed by atoms with Crippen LogP contribution in [0.15, 0.2) is 36.5 Å². The summed E-state index contributed by atoms with van der Waals surface area (Å²) in [5.41, 5.74) is 0.896. The zero-order chi connectivity index (χ0) is 7.56. The van der Waals surface area contributed by atoms with Crippen molar-refractivity contribution < 1.29 is 0 Å². The van der Waals surface area contributed by atoms with Gasteiger partial charge in [-0.25, -0.2) is 0 Å². The first-order valence-electron chi connectivity index (χ1n) is 2.86. The van der Waals surface area contributed by atoms with Crippen LogP contribution in [0, 0.1) is 0 Å². The molecule has 1 atom stereocenters. The highest BCUT2D eigenvalue weighted by molar-refractivity contribution is 6.34. The second-order valence-corrected chi connectivity index (χ2v) is 2.92. The van der Waals surface area contributed by atoms with E-state index in [1.165, 1.54) is 0 Å². The molecule has 54 valence electrons. The standard InChI is InChI=1S/C7H7Cl2N/c1-6-4-2-3-5-7(6)10(8)9/h2-5,7H,1H2. The maximum Gasteiger partial charge on any atom is 0.0843 e. The second-order valence-electron chi connectivity index (χ2n) is 2.02. The van der Waals surface area contributed by atoms with Crippen LogP contribution in [0.1, 0.15) is 0 Å². The Bertz CT molecular complexity index is 194. The summed E-state index contributed by atoms with van der Waals surface area (Å²) < 4.78 is 1.09. The van der Waals surface area contributed by atoms with Crippen molar-refractivity contribution in [2.24, 2.45) is 0 Å². The Balaban J connectivity index is 2.70. The fourth-order valence-corrected chi connectivity index (χ4v) is 1.14. The van der Waals surface area contributed by atoms with Gasteiger partial charge in [0.2, 0.25) is 0 Å². The van der Waals surface area contributed by atoms with Crippen molar-refractivity contribution in [3.8, 4) is 0 Å². The van der Waals surface area contributed by atoms with E-state index >= 15 is 0 Å². The largest absolute Gasteiger partial charge is 0.120 e. The van der Waals surface area contributed by atoms with Crippen molar-refractivity contribution in [2.75, 3.05) is 0 Å². The molecule has 3 heteroatoms. The summed E-state index contributed by atoms with van der Waals surface area (Å²) in [5, 5.41) is 0. The number of rotatable bonds is 1. The number of halogens is 2. The summed E-state index contributed by atoms with van der Waals surface area (Å²) in [6.45, 7) is 3.77. The third-order valence-electron chi connectivity index (χ3n) is 1.30. The lowest BCUT2D eigenvalue weighted by atomic mass is 10.1. The van der Waals surface area contributed by atoms with E-state index in [2.05, 4.69) is 6.58 Å². The molecular weight excluding hydrogens is 169 g/mol. The van der Waals surface area contributed by atoms with E-state index in [4.69, 9.17) is 23.6 Å². The molecule has 0 aromatic heterocycles. The van der Waals surface area contributed by atoms with E-state index in [1.807, 2.05) is 24.3 Å². The average Bonchev–Trinajstić information content (AvgIpc) is 1.88. The van der Waals surface area contributed by atoms with Crippen molar-refractivity contribution in [1.29, 1.82) is 0 Å². The van der Waals surface area contributed by atoms with E-state index in [0.717, 1.165) is 9.51 Å². The number of hydrogen-bond acceptors (Lipinski definition) is 1. The predicted molar refractivity (Wildman–Crippen MR) is 44.8 cm³/mol. The van der Waals surface area contributed by atoms with Gasteiger partial charge in [0, 0.05) is 0 Å². The van der Waals surface area contributed by atoms with Gasteiger partial charge in [0.1, 0.15) is 0 Å². The lowest BCUT2D eigenvalue weighted by Crippen LogP contribution is -2.18. The molecule has 0 aliphatic heterocycles. The molecule has 0 saturated carbocycles. The van der Waals surface area contributed by atoms with Crippen molar-refractivity contribution in [3.05, 3.63) is 36.5 Å². The molecule has 0 saturated heterocycles.